The van der Waals surface area contributed by atoms with Gasteiger partial charge < -0.3 is 19.9 Å². The summed E-state index contributed by atoms with van der Waals surface area (Å²) in [6, 6.07) is 13.0. The molecule has 0 unspecified atom stereocenters. The van der Waals surface area contributed by atoms with Gasteiger partial charge in [-0.1, -0.05) is 30.3 Å². The summed E-state index contributed by atoms with van der Waals surface area (Å²) in [6.45, 7) is 0.300. The molecule has 2 aromatic rings. The first-order chi connectivity index (χ1) is 10.7. The number of ketones is 1. The van der Waals surface area contributed by atoms with E-state index in [1.54, 1.807) is 12.1 Å². The van der Waals surface area contributed by atoms with Gasteiger partial charge in [0.05, 0.1) is 20.8 Å². The summed E-state index contributed by atoms with van der Waals surface area (Å²) in [4.78, 5) is 11.8. The van der Waals surface area contributed by atoms with Gasteiger partial charge in [0.2, 0.25) is 5.75 Å². The van der Waals surface area contributed by atoms with Gasteiger partial charge in [0.1, 0.15) is 6.61 Å². The van der Waals surface area contributed by atoms with Gasteiger partial charge in [-0.2, -0.15) is 0 Å². The molecule has 0 aliphatic rings. The van der Waals surface area contributed by atoms with E-state index < -0.39 is 0 Å². The maximum atomic E-state index is 11.8. The number of carbonyl (C=O) groups is 1. The Hall–Kier alpha value is -2.53. The Labute approximate surface area is 129 Å². The number of benzene rings is 2. The predicted molar refractivity (Wildman–Crippen MR) is 83.7 cm³/mol. The van der Waals surface area contributed by atoms with Crippen LogP contribution in [0.15, 0.2) is 42.5 Å². The molecular weight excluding hydrogens is 282 g/mol. The maximum absolute atomic E-state index is 11.8. The van der Waals surface area contributed by atoms with Gasteiger partial charge in [-0.3, -0.25) is 4.79 Å². The molecule has 0 aliphatic heterocycles. The van der Waals surface area contributed by atoms with E-state index in [0.29, 0.717) is 29.4 Å². The zero-order valence-electron chi connectivity index (χ0n) is 12.7. The van der Waals surface area contributed by atoms with Crippen molar-refractivity contribution in [1.82, 2.24) is 0 Å². The Morgan fingerprint density at radius 3 is 2.14 bits per heavy atom. The lowest BCUT2D eigenvalue weighted by Gasteiger charge is -2.15. The number of methoxy groups -OCH3 is 2. The molecule has 0 heterocycles. The highest BCUT2D eigenvalue weighted by Gasteiger charge is 2.17. The van der Waals surface area contributed by atoms with Crippen LogP contribution >= 0.6 is 0 Å². The molecule has 116 valence electrons. The number of ether oxygens (including phenoxy) is 3. The van der Waals surface area contributed by atoms with Gasteiger partial charge >= 0.3 is 0 Å². The maximum Gasteiger partial charge on any atom is 0.203 e. The Morgan fingerprint density at radius 2 is 1.64 bits per heavy atom. The lowest BCUT2D eigenvalue weighted by Crippen LogP contribution is -2.14. The van der Waals surface area contributed by atoms with Gasteiger partial charge in [-0.25, -0.2) is 0 Å². The molecule has 0 aliphatic carbocycles. The van der Waals surface area contributed by atoms with Gasteiger partial charge in [-0.05, 0) is 17.7 Å². The zero-order valence-corrected chi connectivity index (χ0v) is 12.7. The minimum atomic E-state index is -0.189. The molecule has 2 aromatic carbocycles. The average Bonchev–Trinajstić information content (AvgIpc) is 2.59. The topological polar surface area (TPSA) is 70.8 Å². The summed E-state index contributed by atoms with van der Waals surface area (Å²) in [7, 11) is 3.03. The molecule has 2 rings (SSSR count). The van der Waals surface area contributed by atoms with E-state index in [2.05, 4.69) is 0 Å². The first-order valence-corrected chi connectivity index (χ1v) is 6.85. The summed E-state index contributed by atoms with van der Waals surface area (Å²) < 4.78 is 16.4. The minimum Gasteiger partial charge on any atom is -0.493 e. The molecule has 5 heteroatoms. The van der Waals surface area contributed by atoms with E-state index >= 15 is 0 Å². The molecule has 0 aromatic heterocycles. The van der Waals surface area contributed by atoms with E-state index in [1.165, 1.54) is 14.2 Å². The van der Waals surface area contributed by atoms with Gasteiger partial charge in [-0.15, -0.1) is 0 Å². The SMILES string of the molecule is COc1cc(C(=O)CN)cc(OC)c1OCc1ccccc1. The van der Waals surface area contributed by atoms with Crippen LogP contribution in [0.1, 0.15) is 15.9 Å². The van der Waals surface area contributed by atoms with Crippen LogP contribution in [-0.4, -0.2) is 26.5 Å². The Kier molecular flexibility index (Phi) is 5.38. The second-order valence-corrected chi connectivity index (χ2v) is 4.61. The molecule has 0 saturated heterocycles. The fourth-order valence-corrected chi connectivity index (χ4v) is 2.03. The summed E-state index contributed by atoms with van der Waals surface area (Å²) >= 11 is 0. The molecule has 5 nitrogen and oxygen atoms in total. The third-order valence-corrected chi connectivity index (χ3v) is 3.19. The number of Topliss-reactive ketones (excluding diaryl/α,β-unsaturated/α-hetero) is 1. The third-order valence-electron chi connectivity index (χ3n) is 3.19. The van der Waals surface area contributed by atoms with Crippen molar-refractivity contribution in [3.8, 4) is 17.2 Å². The Morgan fingerprint density at radius 1 is 1.05 bits per heavy atom. The van der Waals surface area contributed by atoms with Gasteiger partial charge in [0.15, 0.2) is 17.3 Å². The highest BCUT2D eigenvalue weighted by atomic mass is 16.5. The van der Waals surface area contributed by atoms with E-state index in [0.717, 1.165) is 5.56 Å². The summed E-state index contributed by atoms with van der Waals surface area (Å²) in [5.74, 6) is 1.15. The number of carbonyl (C=O) groups excluding carboxylic acids is 1. The van der Waals surface area contributed by atoms with Crippen LogP contribution < -0.4 is 19.9 Å². The molecule has 0 atom stereocenters. The Bertz CT molecular complexity index is 615. The van der Waals surface area contributed by atoms with E-state index in [-0.39, 0.29) is 12.3 Å². The molecule has 2 N–H and O–H groups in total. The monoisotopic (exact) mass is 301 g/mol. The highest BCUT2D eigenvalue weighted by molar-refractivity contribution is 5.98. The van der Waals surface area contributed by atoms with Crippen molar-refractivity contribution in [3.05, 3.63) is 53.6 Å². The molecular formula is C17H19NO4. The number of hydrogen-bond donors (Lipinski definition) is 1. The highest BCUT2D eigenvalue weighted by Crippen LogP contribution is 2.39. The van der Waals surface area contributed by atoms with Crippen molar-refractivity contribution >= 4 is 5.78 Å². The quantitative estimate of drug-likeness (QED) is 0.795. The largest absolute Gasteiger partial charge is 0.493 e. The van der Waals surface area contributed by atoms with Crippen molar-refractivity contribution in [3.63, 3.8) is 0 Å². The van der Waals surface area contributed by atoms with E-state index in [9.17, 15) is 4.79 Å². The van der Waals surface area contributed by atoms with Gasteiger partial charge in [0, 0.05) is 5.56 Å². The van der Waals surface area contributed by atoms with Crippen LogP contribution in [0.4, 0.5) is 0 Å². The van der Waals surface area contributed by atoms with Crippen LogP contribution in [0.5, 0.6) is 17.2 Å². The Balaban J connectivity index is 2.31. The molecule has 0 fully saturated rings. The lowest BCUT2D eigenvalue weighted by atomic mass is 10.1. The lowest BCUT2D eigenvalue weighted by molar-refractivity contribution is 0.100. The van der Waals surface area contributed by atoms with Crippen LogP contribution in [0.2, 0.25) is 0 Å². The first-order valence-electron chi connectivity index (χ1n) is 6.85. The normalized spacial score (nSPS) is 10.1. The van der Waals surface area contributed by atoms with Crippen LogP contribution in [-0.2, 0) is 6.61 Å². The second kappa shape index (κ2) is 7.47. The summed E-state index contributed by atoms with van der Waals surface area (Å²) in [6.07, 6.45) is 0. The third kappa shape index (κ3) is 3.56. The molecule has 0 bridgehead atoms. The van der Waals surface area contributed by atoms with Crippen molar-refractivity contribution < 1.29 is 19.0 Å². The van der Waals surface area contributed by atoms with Crippen molar-refractivity contribution in [1.29, 1.82) is 0 Å². The molecule has 0 spiro atoms. The summed E-state index contributed by atoms with van der Waals surface area (Å²) in [5.41, 5.74) is 6.85. The van der Waals surface area contributed by atoms with Crippen LogP contribution in [0.3, 0.4) is 0 Å². The predicted octanol–water partition coefficient (Wildman–Crippen LogP) is 2.42. The van der Waals surface area contributed by atoms with E-state index in [1.807, 2.05) is 30.3 Å². The smallest absolute Gasteiger partial charge is 0.203 e. The molecule has 0 amide bonds. The van der Waals surface area contributed by atoms with Crippen molar-refractivity contribution in [2.24, 2.45) is 5.73 Å². The van der Waals surface area contributed by atoms with Crippen LogP contribution in [0, 0.1) is 0 Å². The number of nitrogens with two attached hydrogens (primary N) is 1. The van der Waals surface area contributed by atoms with Crippen LogP contribution in [0.25, 0.3) is 0 Å². The molecule has 0 radical (unpaired) electrons. The van der Waals surface area contributed by atoms with E-state index in [4.69, 9.17) is 19.9 Å². The fraction of sp³-hybridized carbons (Fsp3) is 0.235. The summed E-state index contributed by atoms with van der Waals surface area (Å²) in [5, 5.41) is 0. The standard InChI is InChI=1S/C17H19NO4/c1-20-15-8-13(14(19)10-18)9-16(21-2)17(15)22-11-12-6-4-3-5-7-12/h3-9H,10-11,18H2,1-2H3. The van der Waals surface area contributed by atoms with Crippen molar-refractivity contribution in [2.45, 2.75) is 6.61 Å². The van der Waals surface area contributed by atoms with Gasteiger partial charge in [0.25, 0.3) is 0 Å². The number of hydrogen-bond acceptors (Lipinski definition) is 5. The van der Waals surface area contributed by atoms with Crippen molar-refractivity contribution in [2.75, 3.05) is 20.8 Å². The minimum absolute atomic E-state index is 0.0729. The average molecular weight is 301 g/mol. The zero-order chi connectivity index (χ0) is 15.9. The fourth-order valence-electron chi connectivity index (χ4n) is 2.03. The molecule has 22 heavy (non-hydrogen) atoms. The second-order valence-electron chi connectivity index (χ2n) is 4.61. The number of rotatable bonds is 7. The molecule has 0 saturated carbocycles. The first kappa shape index (κ1) is 15.9.